The van der Waals surface area contributed by atoms with Gasteiger partial charge >= 0.3 is 0 Å². The second kappa shape index (κ2) is 10.5. The molecule has 3 aromatic rings. The van der Waals surface area contributed by atoms with Gasteiger partial charge < -0.3 is 10.2 Å². The Kier molecular flexibility index (Phi) is 7.21. The number of nitrogens with one attached hydrogen (secondary N) is 2. The first kappa shape index (κ1) is 22.1. The molecule has 2 atom stereocenters. The molecule has 1 aliphatic rings. The van der Waals surface area contributed by atoms with Gasteiger partial charge in [-0.3, -0.25) is 4.79 Å². The molecule has 0 radical (unpaired) electrons. The van der Waals surface area contributed by atoms with Crippen molar-refractivity contribution in [1.82, 2.24) is 30.9 Å². The first-order chi connectivity index (χ1) is 15.7. The Balaban J connectivity index is 1.49. The SMILES string of the molecule is CCC[C@H](C(C)=O)[C@H](Cc1ccc(-c2ccc(N3CCNCC3)nc2)cc1)c1nn[nH]n1. The molecule has 0 saturated carbocycles. The average molecular weight is 434 g/mol. The van der Waals surface area contributed by atoms with Gasteiger partial charge in [-0.2, -0.15) is 5.21 Å². The molecule has 0 aliphatic carbocycles. The standard InChI is InChI=1S/C24H31N7O/c1-3-4-21(17(2)32)22(24-27-29-30-28-24)15-18-5-7-19(8-6-18)20-9-10-23(26-16-20)31-13-11-25-12-14-31/h5-10,16,21-22,25H,3-4,11-15H2,1-2H3,(H,27,28,29,30)/t21-,22+/m1/s1. The molecule has 2 aromatic heterocycles. The number of rotatable bonds is 9. The summed E-state index contributed by atoms with van der Waals surface area (Å²) in [4.78, 5) is 19.3. The van der Waals surface area contributed by atoms with E-state index in [4.69, 9.17) is 0 Å². The van der Waals surface area contributed by atoms with Crippen LogP contribution >= 0.6 is 0 Å². The smallest absolute Gasteiger partial charge is 0.178 e. The summed E-state index contributed by atoms with van der Waals surface area (Å²) in [5.74, 6) is 1.61. The number of aromatic amines is 1. The Morgan fingerprint density at radius 1 is 1.09 bits per heavy atom. The number of piperazine rings is 1. The van der Waals surface area contributed by atoms with Crippen LogP contribution in [0.2, 0.25) is 0 Å². The van der Waals surface area contributed by atoms with Crippen molar-refractivity contribution in [2.24, 2.45) is 5.92 Å². The van der Waals surface area contributed by atoms with Crippen LogP contribution in [-0.2, 0) is 11.2 Å². The van der Waals surface area contributed by atoms with Crippen LogP contribution < -0.4 is 10.2 Å². The number of pyridine rings is 1. The lowest BCUT2D eigenvalue weighted by Crippen LogP contribution is -2.43. The summed E-state index contributed by atoms with van der Waals surface area (Å²) in [6, 6.07) is 12.7. The molecule has 8 nitrogen and oxygen atoms in total. The zero-order valence-electron chi connectivity index (χ0n) is 18.8. The van der Waals surface area contributed by atoms with E-state index in [0.717, 1.165) is 61.5 Å². The summed E-state index contributed by atoms with van der Waals surface area (Å²) in [6.45, 7) is 7.73. The van der Waals surface area contributed by atoms with Crippen molar-refractivity contribution in [1.29, 1.82) is 0 Å². The van der Waals surface area contributed by atoms with Gasteiger partial charge in [-0.15, -0.1) is 10.2 Å². The molecule has 32 heavy (non-hydrogen) atoms. The third-order valence-electron chi connectivity index (χ3n) is 6.23. The van der Waals surface area contributed by atoms with Gasteiger partial charge in [0, 0.05) is 49.8 Å². The number of hydrogen-bond acceptors (Lipinski definition) is 7. The average Bonchev–Trinajstić information content (AvgIpc) is 3.37. The van der Waals surface area contributed by atoms with Gasteiger partial charge in [-0.05, 0) is 43.0 Å². The second-order valence-corrected chi connectivity index (χ2v) is 8.43. The van der Waals surface area contributed by atoms with Crippen molar-refractivity contribution in [2.45, 2.75) is 39.0 Å². The molecule has 3 heterocycles. The molecule has 0 bridgehead atoms. The normalized spacial score (nSPS) is 16.0. The Morgan fingerprint density at radius 2 is 1.84 bits per heavy atom. The number of carbonyl (C=O) groups excluding carboxylic acids is 1. The Labute approximate surface area is 188 Å². The highest BCUT2D eigenvalue weighted by Gasteiger charge is 2.29. The maximum absolute atomic E-state index is 12.3. The molecule has 1 aromatic carbocycles. The number of aromatic nitrogens is 5. The van der Waals surface area contributed by atoms with Gasteiger partial charge in [-0.25, -0.2) is 4.98 Å². The van der Waals surface area contributed by atoms with Gasteiger partial charge in [0.2, 0.25) is 0 Å². The molecule has 4 rings (SSSR count). The molecule has 2 N–H and O–H groups in total. The van der Waals surface area contributed by atoms with Crippen molar-refractivity contribution in [2.75, 3.05) is 31.1 Å². The summed E-state index contributed by atoms with van der Waals surface area (Å²) in [5.41, 5.74) is 3.37. The molecule has 8 heteroatoms. The maximum atomic E-state index is 12.3. The minimum absolute atomic E-state index is 0.0861. The van der Waals surface area contributed by atoms with Crippen LogP contribution in [0.3, 0.4) is 0 Å². The van der Waals surface area contributed by atoms with Crippen LogP contribution in [0.15, 0.2) is 42.6 Å². The van der Waals surface area contributed by atoms with Crippen LogP contribution in [-0.4, -0.2) is 57.6 Å². The molecule has 1 fully saturated rings. The molecule has 0 unspecified atom stereocenters. The Morgan fingerprint density at radius 3 is 2.44 bits per heavy atom. The summed E-state index contributed by atoms with van der Waals surface area (Å²) in [5, 5.41) is 18.0. The molecular formula is C24H31N7O. The van der Waals surface area contributed by atoms with Crippen LogP contribution in [0, 0.1) is 5.92 Å². The summed E-state index contributed by atoms with van der Waals surface area (Å²) < 4.78 is 0. The molecular weight excluding hydrogens is 402 g/mol. The monoisotopic (exact) mass is 433 g/mol. The Bertz CT molecular complexity index is 980. The van der Waals surface area contributed by atoms with E-state index in [-0.39, 0.29) is 17.6 Å². The van der Waals surface area contributed by atoms with Crippen molar-refractivity contribution in [3.8, 4) is 11.1 Å². The van der Waals surface area contributed by atoms with Crippen LogP contribution in [0.5, 0.6) is 0 Å². The molecule has 1 saturated heterocycles. The highest BCUT2D eigenvalue weighted by molar-refractivity contribution is 5.79. The van der Waals surface area contributed by atoms with E-state index in [0.29, 0.717) is 12.2 Å². The molecule has 168 valence electrons. The van der Waals surface area contributed by atoms with Crippen molar-refractivity contribution in [3.05, 3.63) is 54.0 Å². The quantitative estimate of drug-likeness (QED) is 0.535. The van der Waals surface area contributed by atoms with E-state index in [1.165, 1.54) is 0 Å². The van der Waals surface area contributed by atoms with Crippen LogP contribution in [0.25, 0.3) is 11.1 Å². The lowest BCUT2D eigenvalue weighted by molar-refractivity contribution is -0.121. The fourth-order valence-corrected chi connectivity index (χ4v) is 4.46. The fraction of sp³-hybridized carbons (Fsp3) is 0.458. The first-order valence-electron chi connectivity index (χ1n) is 11.4. The highest BCUT2D eigenvalue weighted by atomic mass is 16.1. The van der Waals surface area contributed by atoms with E-state index in [9.17, 15) is 4.79 Å². The minimum Gasteiger partial charge on any atom is -0.354 e. The highest BCUT2D eigenvalue weighted by Crippen LogP contribution is 2.31. The second-order valence-electron chi connectivity index (χ2n) is 8.43. The summed E-state index contributed by atoms with van der Waals surface area (Å²) >= 11 is 0. The van der Waals surface area contributed by atoms with Crippen molar-refractivity contribution >= 4 is 11.6 Å². The zero-order valence-corrected chi connectivity index (χ0v) is 18.8. The van der Waals surface area contributed by atoms with Gasteiger partial charge in [-0.1, -0.05) is 42.8 Å². The van der Waals surface area contributed by atoms with Gasteiger partial charge in [0.25, 0.3) is 0 Å². The zero-order chi connectivity index (χ0) is 22.3. The predicted molar refractivity (Wildman–Crippen MR) is 124 cm³/mol. The van der Waals surface area contributed by atoms with E-state index >= 15 is 0 Å². The maximum Gasteiger partial charge on any atom is 0.178 e. The predicted octanol–water partition coefficient (Wildman–Crippen LogP) is 3.00. The lowest BCUT2D eigenvalue weighted by Gasteiger charge is -2.28. The number of benzene rings is 1. The number of hydrogen-bond donors (Lipinski definition) is 2. The van der Waals surface area contributed by atoms with Gasteiger partial charge in [0.15, 0.2) is 5.82 Å². The third kappa shape index (κ3) is 5.19. The van der Waals surface area contributed by atoms with E-state index < -0.39 is 0 Å². The third-order valence-corrected chi connectivity index (χ3v) is 6.23. The van der Waals surface area contributed by atoms with E-state index in [1.807, 2.05) is 6.20 Å². The minimum atomic E-state index is -0.112. The largest absolute Gasteiger partial charge is 0.354 e. The van der Waals surface area contributed by atoms with Crippen LogP contribution in [0.4, 0.5) is 5.82 Å². The number of tetrazole rings is 1. The lowest BCUT2D eigenvalue weighted by atomic mass is 9.81. The van der Waals surface area contributed by atoms with Gasteiger partial charge in [0.05, 0.1) is 0 Å². The van der Waals surface area contributed by atoms with Crippen molar-refractivity contribution in [3.63, 3.8) is 0 Å². The molecule has 1 aliphatic heterocycles. The van der Waals surface area contributed by atoms with Gasteiger partial charge in [0.1, 0.15) is 11.6 Å². The Hall–Kier alpha value is -3.13. The summed E-state index contributed by atoms with van der Waals surface area (Å²) in [7, 11) is 0. The number of H-pyrrole nitrogens is 1. The topological polar surface area (TPSA) is 99.7 Å². The summed E-state index contributed by atoms with van der Waals surface area (Å²) in [6.07, 6.45) is 4.40. The number of nitrogens with zero attached hydrogens (tertiary/aromatic N) is 5. The number of anilines is 1. The number of Topliss-reactive ketones (excluding diaryl/α,β-unsaturated/α-hetero) is 1. The number of carbonyl (C=O) groups is 1. The molecule has 0 amide bonds. The van der Waals surface area contributed by atoms with E-state index in [2.05, 4.69) is 79.1 Å². The molecule has 0 spiro atoms. The van der Waals surface area contributed by atoms with Crippen LogP contribution in [0.1, 0.15) is 44.0 Å². The fourth-order valence-electron chi connectivity index (χ4n) is 4.46. The number of ketones is 1. The first-order valence-corrected chi connectivity index (χ1v) is 11.4. The van der Waals surface area contributed by atoms with Crippen molar-refractivity contribution < 1.29 is 4.79 Å². The van der Waals surface area contributed by atoms with E-state index in [1.54, 1.807) is 6.92 Å².